The Bertz CT molecular complexity index is 278. The maximum absolute atomic E-state index is 5.55. The smallest absolute Gasteiger partial charge is 0.397 e. The Morgan fingerprint density at radius 3 is 2.86 bits per heavy atom. The zero-order valence-electron chi connectivity index (χ0n) is 8.05. The molecule has 14 heavy (non-hydrogen) atoms. The maximum atomic E-state index is 5.55. The van der Waals surface area contributed by atoms with E-state index in [0.29, 0.717) is 0 Å². The molecule has 1 unspecified atom stereocenters. The van der Waals surface area contributed by atoms with Crippen molar-refractivity contribution in [2.45, 2.75) is 19.4 Å². The molecule has 2 rings (SSSR count). The lowest BCUT2D eigenvalue weighted by Crippen LogP contribution is -2.16. The number of hydrogen-bond acceptors (Lipinski definition) is 3. The van der Waals surface area contributed by atoms with Gasteiger partial charge in [-0.05, 0) is 25.5 Å². The Labute approximate surface area is 85.0 Å². The van der Waals surface area contributed by atoms with Crippen molar-refractivity contribution in [3.63, 3.8) is 0 Å². The predicted octanol–water partition coefficient (Wildman–Crippen LogP) is 3.12. The molecule has 1 heterocycles. The second-order valence-electron chi connectivity index (χ2n) is 3.17. The van der Waals surface area contributed by atoms with Gasteiger partial charge < -0.3 is 9.05 Å². The summed E-state index contributed by atoms with van der Waals surface area (Å²) < 4.78 is 16.4. The van der Waals surface area contributed by atoms with Gasteiger partial charge in [0.15, 0.2) is 0 Å². The van der Waals surface area contributed by atoms with Crippen LogP contribution in [-0.2, 0) is 9.05 Å². The summed E-state index contributed by atoms with van der Waals surface area (Å²) in [5, 5.41) is 0. The lowest BCUT2D eigenvalue weighted by Gasteiger charge is -2.25. The van der Waals surface area contributed by atoms with Crippen LogP contribution in [0.25, 0.3) is 0 Å². The molecule has 1 aliphatic rings. The third kappa shape index (κ3) is 2.68. The summed E-state index contributed by atoms with van der Waals surface area (Å²) in [6.07, 6.45) is 1.18. The molecule has 0 bridgehead atoms. The van der Waals surface area contributed by atoms with Crippen molar-refractivity contribution in [1.82, 2.24) is 0 Å². The molecule has 0 N–H and O–H groups in total. The first kappa shape index (κ1) is 9.91. The summed E-state index contributed by atoms with van der Waals surface area (Å²) in [6, 6.07) is 9.60. The van der Waals surface area contributed by atoms with E-state index in [0.717, 1.165) is 18.8 Å². The van der Waals surface area contributed by atoms with Crippen molar-refractivity contribution in [2.24, 2.45) is 0 Å². The van der Waals surface area contributed by atoms with Crippen molar-refractivity contribution in [2.75, 3.05) is 6.61 Å². The molecule has 0 radical (unpaired) electrons. The molecule has 0 aliphatic carbocycles. The van der Waals surface area contributed by atoms with Gasteiger partial charge in [0.25, 0.3) is 0 Å². The Balaban J connectivity index is 1.91. The van der Waals surface area contributed by atoms with Gasteiger partial charge in [0, 0.05) is 0 Å². The van der Waals surface area contributed by atoms with Crippen LogP contribution in [0.3, 0.4) is 0 Å². The molecule has 2 atom stereocenters. The highest BCUT2D eigenvalue weighted by Crippen LogP contribution is 2.44. The lowest BCUT2D eigenvalue weighted by molar-refractivity contribution is 0.0936. The van der Waals surface area contributed by atoms with Gasteiger partial charge in [0.2, 0.25) is 0 Å². The van der Waals surface area contributed by atoms with Crippen molar-refractivity contribution in [1.29, 1.82) is 0 Å². The molecule has 4 heteroatoms. The molecule has 1 fully saturated rings. The molecule has 0 spiro atoms. The van der Waals surface area contributed by atoms with E-state index in [1.165, 1.54) is 0 Å². The first-order valence-electron chi connectivity index (χ1n) is 4.67. The SMILES string of the molecule is C[C@@H]1CCOP(Oc2ccccc2)O1. The highest BCUT2D eigenvalue weighted by Gasteiger charge is 2.23. The topological polar surface area (TPSA) is 27.7 Å². The van der Waals surface area contributed by atoms with E-state index in [9.17, 15) is 0 Å². The van der Waals surface area contributed by atoms with Crippen LogP contribution >= 0.6 is 8.60 Å². The maximum Gasteiger partial charge on any atom is 0.397 e. The fourth-order valence-electron chi connectivity index (χ4n) is 1.14. The van der Waals surface area contributed by atoms with Gasteiger partial charge in [-0.2, -0.15) is 0 Å². The molecule has 1 aliphatic heterocycles. The van der Waals surface area contributed by atoms with Crippen LogP contribution in [0.5, 0.6) is 5.75 Å². The van der Waals surface area contributed by atoms with Gasteiger partial charge in [0.1, 0.15) is 5.75 Å². The molecule has 3 nitrogen and oxygen atoms in total. The van der Waals surface area contributed by atoms with Crippen molar-refractivity contribution < 1.29 is 13.6 Å². The van der Waals surface area contributed by atoms with Crippen LogP contribution < -0.4 is 4.52 Å². The number of para-hydroxylation sites is 1. The molecule has 0 amide bonds. The third-order valence-electron chi connectivity index (χ3n) is 1.91. The minimum atomic E-state index is -1.19. The first-order valence-corrected chi connectivity index (χ1v) is 5.77. The van der Waals surface area contributed by atoms with E-state index < -0.39 is 8.60 Å². The summed E-state index contributed by atoms with van der Waals surface area (Å²) >= 11 is 0. The predicted molar refractivity (Wildman–Crippen MR) is 55.1 cm³/mol. The van der Waals surface area contributed by atoms with Crippen molar-refractivity contribution in [3.05, 3.63) is 30.3 Å². The van der Waals surface area contributed by atoms with Crippen LogP contribution in [0.2, 0.25) is 0 Å². The summed E-state index contributed by atoms with van der Waals surface area (Å²) in [4.78, 5) is 0. The normalized spacial score (nSPS) is 27.2. The number of benzene rings is 1. The molecular weight excluding hydrogens is 199 g/mol. The number of hydrogen-bond donors (Lipinski definition) is 0. The van der Waals surface area contributed by atoms with E-state index in [4.69, 9.17) is 13.6 Å². The highest BCUT2D eigenvalue weighted by molar-refractivity contribution is 7.42. The molecule has 76 valence electrons. The first-order chi connectivity index (χ1) is 6.84. The zero-order chi connectivity index (χ0) is 9.80. The molecular formula is C10H13O3P. The van der Waals surface area contributed by atoms with E-state index in [1.54, 1.807) is 0 Å². The highest BCUT2D eigenvalue weighted by atomic mass is 31.2. The Kier molecular flexibility index (Phi) is 3.35. The molecule has 0 saturated carbocycles. The molecule has 1 saturated heterocycles. The van der Waals surface area contributed by atoms with Gasteiger partial charge in [-0.1, -0.05) is 18.2 Å². The van der Waals surface area contributed by atoms with E-state index in [-0.39, 0.29) is 6.10 Å². The number of rotatable bonds is 2. The van der Waals surface area contributed by atoms with Crippen LogP contribution in [0.15, 0.2) is 30.3 Å². The zero-order valence-corrected chi connectivity index (χ0v) is 8.94. The average Bonchev–Trinajstić information content (AvgIpc) is 2.19. The Hall–Kier alpha value is -0.630. The fourth-order valence-corrected chi connectivity index (χ4v) is 2.24. The van der Waals surface area contributed by atoms with Gasteiger partial charge in [0.05, 0.1) is 12.7 Å². The summed E-state index contributed by atoms with van der Waals surface area (Å²) in [6.45, 7) is 2.76. The quantitative estimate of drug-likeness (QED) is 0.705. The second kappa shape index (κ2) is 4.74. The Morgan fingerprint density at radius 1 is 1.36 bits per heavy atom. The van der Waals surface area contributed by atoms with Gasteiger partial charge in [-0.15, -0.1) is 0 Å². The van der Waals surface area contributed by atoms with Crippen molar-refractivity contribution in [3.8, 4) is 5.75 Å². The molecule has 0 aromatic heterocycles. The summed E-state index contributed by atoms with van der Waals surface area (Å²) in [7, 11) is -1.19. The lowest BCUT2D eigenvalue weighted by atomic mass is 10.3. The fraction of sp³-hybridized carbons (Fsp3) is 0.400. The largest absolute Gasteiger partial charge is 0.427 e. The summed E-state index contributed by atoms with van der Waals surface area (Å²) in [5.41, 5.74) is 0. The minimum absolute atomic E-state index is 0.235. The van der Waals surface area contributed by atoms with Crippen LogP contribution in [-0.4, -0.2) is 12.7 Å². The van der Waals surface area contributed by atoms with Crippen LogP contribution in [0, 0.1) is 0 Å². The van der Waals surface area contributed by atoms with Crippen molar-refractivity contribution >= 4 is 8.60 Å². The Morgan fingerprint density at radius 2 is 2.14 bits per heavy atom. The van der Waals surface area contributed by atoms with Crippen LogP contribution in [0.1, 0.15) is 13.3 Å². The monoisotopic (exact) mass is 212 g/mol. The second-order valence-corrected chi connectivity index (χ2v) is 4.26. The van der Waals surface area contributed by atoms with Crippen LogP contribution in [0.4, 0.5) is 0 Å². The standard InChI is InChI=1S/C10H13O3P/c1-9-7-8-11-14(12-9)13-10-5-3-2-4-6-10/h2-6,9H,7-8H2,1H3/t9-,14?/m1/s1. The van der Waals surface area contributed by atoms with E-state index in [2.05, 4.69) is 0 Å². The van der Waals surface area contributed by atoms with Gasteiger partial charge in [-0.25, -0.2) is 0 Å². The molecule has 1 aromatic carbocycles. The third-order valence-corrected chi connectivity index (χ3v) is 3.20. The minimum Gasteiger partial charge on any atom is -0.427 e. The van der Waals surface area contributed by atoms with Gasteiger partial charge in [-0.3, -0.25) is 4.52 Å². The van der Waals surface area contributed by atoms with E-state index in [1.807, 2.05) is 37.3 Å². The summed E-state index contributed by atoms with van der Waals surface area (Å²) in [5.74, 6) is 0.799. The van der Waals surface area contributed by atoms with E-state index >= 15 is 0 Å². The average molecular weight is 212 g/mol. The van der Waals surface area contributed by atoms with Gasteiger partial charge >= 0.3 is 8.60 Å². The molecule has 1 aromatic rings.